The van der Waals surface area contributed by atoms with E-state index in [1.165, 1.54) is 44.6 Å². The Balaban J connectivity index is 1.48. The maximum absolute atomic E-state index is 13.2. The van der Waals surface area contributed by atoms with Gasteiger partial charge in [0.15, 0.2) is 6.61 Å². The number of amides is 1. The highest BCUT2D eigenvalue weighted by Gasteiger charge is 2.32. The first-order valence-corrected chi connectivity index (χ1v) is 11.1. The molecule has 156 valence electrons. The molecular formula is C24H31NO4. The highest BCUT2D eigenvalue weighted by atomic mass is 16.5. The number of carbonyl (C=O) groups excluding carboxylic acids is 1. The summed E-state index contributed by atoms with van der Waals surface area (Å²) in [5, 5.41) is 0.884. The maximum atomic E-state index is 13.2. The Kier molecular flexibility index (Phi) is 6.22. The molecule has 0 N–H and O–H groups in total. The van der Waals surface area contributed by atoms with Gasteiger partial charge in [0.25, 0.3) is 5.91 Å². The molecule has 1 amide bonds. The van der Waals surface area contributed by atoms with Crippen LogP contribution in [0.4, 0.5) is 0 Å². The molecule has 1 aromatic heterocycles. The summed E-state index contributed by atoms with van der Waals surface area (Å²) in [6.07, 6.45) is 11.9. The normalized spacial score (nSPS) is 18.7. The Morgan fingerprint density at radius 3 is 2.24 bits per heavy atom. The van der Waals surface area contributed by atoms with E-state index in [0.717, 1.165) is 36.6 Å². The third-order valence-electron chi connectivity index (χ3n) is 6.51. The van der Waals surface area contributed by atoms with Crippen LogP contribution in [-0.2, 0) is 4.79 Å². The summed E-state index contributed by atoms with van der Waals surface area (Å²) >= 11 is 0. The smallest absolute Gasteiger partial charge is 0.336 e. The standard InChI is InChI=1S/C24H31NO4/c1-17-14-24(27)29-22-15-20(12-13-21(17)22)28-16-23(26)25(18-8-4-2-5-9-18)19-10-6-3-7-11-19/h12-15,18-19H,2-11,16H2,1H3. The fourth-order valence-electron chi connectivity index (χ4n) is 5.04. The number of hydrogen-bond donors (Lipinski definition) is 0. The van der Waals surface area contributed by atoms with Gasteiger partial charge in [0.2, 0.25) is 0 Å². The molecule has 1 aromatic carbocycles. The number of nitrogens with zero attached hydrogens (tertiary/aromatic N) is 1. The molecule has 1 heterocycles. The lowest BCUT2D eigenvalue weighted by atomic mass is 9.88. The van der Waals surface area contributed by atoms with Gasteiger partial charge in [-0.3, -0.25) is 4.79 Å². The van der Waals surface area contributed by atoms with Crippen molar-refractivity contribution < 1.29 is 13.9 Å². The first-order chi connectivity index (χ1) is 14.1. The summed E-state index contributed by atoms with van der Waals surface area (Å²) < 4.78 is 11.2. The second-order valence-electron chi connectivity index (χ2n) is 8.58. The number of rotatable bonds is 5. The van der Waals surface area contributed by atoms with Gasteiger partial charge in [-0.2, -0.15) is 0 Å². The van der Waals surface area contributed by atoms with Crippen molar-refractivity contribution in [1.29, 1.82) is 0 Å². The van der Waals surface area contributed by atoms with E-state index in [0.29, 0.717) is 23.4 Å². The number of aryl methyl sites for hydroxylation is 1. The van der Waals surface area contributed by atoms with Gasteiger partial charge < -0.3 is 14.1 Å². The molecule has 2 saturated carbocycles. The number of hydrogen-bond acceptors (Lipinski definition) is 4. The maximum Gasteiger partial charge on any atom is 0.336 e. The molecule has 0 atom stereocenters. The van der Waals surface area contributed by atoms with Gasteiger partial charge in [0, 0.05) is 29.6 Å². The SMILES string of the molecule is Cc1cc(=O)oc2cc(OCC(=O)N(C3CCCCC3)C3CCCCC3)ccc12. The second-order valence-corrected chi connectivity index (χ2v) is 8.58. The van der Waals surface area contributed by atoms with Crippen molar-refractivity contribution in [1.82, 2.24) is 4.90 Å². The van der Waals surface area contributed by atoms with Gasteiger partial charge in [-0.25, -0.2) is 4.79 Å². The number of ether oxygens (including phenoxy) is 1. The van der Waals surface area contributed by atoms with Crippen LogP contribution in [0.15, 0.2) is 33.5 Å². The lowest BCUT2D eigenvalue weighted by Gasteiger charge is -2.41. The highest BCUT2D eigenvalue weighted by Crippen LogP contribution is 2.30. The van der Waals surface area contributed by atoms with E-state index < -0.39 is 0 Å². The second kappa shape index (κ2) is 9.02. The van der Waals surface area contributed by atoms with Crippen LogP contribution >= 0.6 is 0 Å². The molecule has 0 aliphatic heterocycles. The summed E-state index contributed by atoms with van der Waals surface area (Å²) in [5.74, 6) is 0.654. The van der Waals surface area contributed by atoms with E-state index >= 15 is 0 Å². The van der Waals surface area contributed by atoms with Crippen LogP contribution < -0.4 is 10.4 Å². The molecule has 0 spiro atoms. The van der Waals surface area contributed by atoms with Crippen molar-refractivity contribution in [3.63, 3.8) is 0 Å². The average molecular weight is 398 g/mol. The van der Waals surface area contributed by atoms with E-state index in [1.54, 1.807) is 6.07 Å². The molecule has 2 fully saturated rings. The van der Waals surface area contributed by atoms with E-state index in [4.69, 9.17) is 9.15 Å². The van der Waals surface area contributed by atoms with E-state index in [9.17, 15) is 9.59 Å². The molecule has 0 saturated heterocycles. The van der Waals surface area contributed by atoms with Crippen LogP contribution in [0.3, 0.4) is 0 Å². The number of carbonyl (C=O) groups is 1. The molecule has 2 aliphatic carbocycles. The van der Waals surface area contributed by atoms with Crippen LogP contribution in [0.5, 0.6) is 5.75 Å². The average Bonchev–Trinajstić information content (AvgIpc) is 2.73. The Morgan fingerprint density at radius 1 is 1.00 bits per heavy atom. The monoisotopic (exact) mass is 397 g/mol. The van der Waals surface area contributed by atoms with Crippen LogP contribution in [0, 0.1) is 6.92 Å². The minimum atomic E-state index is -0.371. The van der Waals surface area contributed by atoms with Crippen LogP contribution in [0.1, 0.15) is 69.8 Å². The van der Waals surface area contributed by atoms with E-state index in [1.807, 2.05) is 19.1 Å². The fourth-order valence-corrected chi connectivity index (χ4v) is 5.04. The topological polar surface area (TPSA) is 59.8 Å². The zero-order valence-corrected chi connectivity index (χ0v) is 17.3. The van der Waals surface area contributed by atoms with Gasteiger partial charge in [0.05, 0.1) is 0 Å². The largest absolute Gasteiger partial charge is 0.484 e. The summed E-state index contributed by atoms with van der Waals surface area (Å²) in [5.41, 5.74) is 1.00. The van der Waals surface area contributed by atoms with E-state index in [2.05, 4.69) is 4.90 Å². The van der Waals surface area contributed by atoms with Crippen LogP contribution in [-0.4, -0.2) is 29.5 Å². The molecule has 5 heteroatoms. The Labute approximate surface area is 172 Å². The molecule has 0 radical (unpaired) electrons. The summed E-state index contributed by atoms with van der Waals surface area (Å²) in [6.45, 7) is 1.92. The lowest BCUT2D eigenvalue weighted by molar-refractivity contribution is -0.140. The minimum absolute atomic E-state index is 0.0363. The molecule has 0 unspecified atom stereocenters. The Bertz CT molecular complexity index is 889. The zero-order valence-electron chi connectivity index (χ0n) is 17.3. The Hall–Kier alpha value is -2.30. The van der Waals surface area contributed by atoms with Crippen molar-refractivity contribution in [3.8, 4) is 5.75 Å². The predicted molar refractivity (Wildman–Crippen MR) is 113 cm³/mol. The van der Waals surface area contributed by atoms with Crippen molar-refractivity contribution in [2.24, 2.45) is 0 Å². The molecule has 2 aliphatic rings. The van der Waals surface area contributed by atoms with Gasteiger partial charge >= 0.3 is 5.63 Å². The fraction of sp³-hybridized carbons (Fsp3) is 0.583. The summed E-state index contributed by atoms with van der Waals surface area (Å²) in [6, 6.07) is 7.64. The number of fused-ring (bicyclic) bond motifs is 1. The first kappa shape index (κ1) is 20.0. The predicted octanol–water partition coefficient (Wildman–Crippen LogP) is 4.97. The third kappa shape index (κ3) is 4.65. The first-order valence-electron chi connectivity index (χ1n) is 11.1. The van der Waals surface area contributed by atoms with Crippen molar-refractivity contribution in [2.45, 2.75) is 83.2 Å². The van der Waals surface area contributed by atoms with Crippen LogP contribution in [0.25, 0.3) is 11.0 Å². The molecule has 0 bridgehead atoms. The molecular weight excluding hydrogens is 366 g/mol. The molecule has 29 heavy (non-hydrogen) atoms. The lowest BCUT2D eigenvalue weighted by Crippen LogP contribution is -2.50. The molecule has 5 nitrogen and oxygen atoms in total. The van der Waals surface area contributed by atoms with Crippen molar-refractivity contribution in [2.75, 3.05) is 6.61 Å². The summed E-state index contributed by atoms with van der Waals surface area (Å²) in [4.78, 5) is 27.0. The molecule has 4 rings (SSSR count). The van der Waals surface area contributed by atoms with Gasteiger partial charge in [-0.1, -0.05) is 38.5 Å². The van der Waals surface area contributed by atoms with Crippen molar-refractivity contribution in [3.05, 3.63) is 40.2 Å². The number of benzene rings is 1. The van der Waals surface area contributed by atoms with Gasteiger partial charge in [-0.15, -0.1) is 0 Å². The van der Waals surface area contributed by atoms with E-state index in [-0.39, 0.29) is 18.1 Å². The zero-order chi connectivity index (χ0) is 20.2. The van der Waals surface area contributed by atoms with Crippen LogP contribution in [0.2, 0.25) is 0 Å². The third-order valence-corrected chi connectivity index (χ3v) is 6.51. The highest BCUT2D eigenvalue weighted by molar-refractivity contribution is 5.82. The minimum Gasteiger partial charge on any atom is -0.484 e. The summed E-state index contributed by atoms with van der Waals surface area (Å²) in [7, 11) is 0. The quantitative estimate of drug-likeness (QED) is 0.668. The Morgan fingerprint density at radius 2 is 1.62 bits per heavy atom. The molecule has 2 aromatic rings. The van der Waals surface area contributed by atoms with Gasteiger partial charge in [-0.05, 0) is 50.3 Å². The van der Waals surface area contributed by atoms with Crippen molar-refractivity contribution >= 4 is 16.9 Å². The van der Waals surface area contributed by atoms with Gasteiger partial charge in [0.1, 0.15) is 11.3 Å².